The van der Waals surface area contributed by atoms with E-state index in [2.05, 4.69) is 18.4 Å². The van der Waals surface area contributed by atoms with Crippen molar-refractivity contribution in [1.29, 1.82) is 0 Å². The summed E-state index contributed by atoms with van der Waals surface area (Å²) in [7, 11) is 0. The van der Waals surface area contributed by atoms with Crippen molar-refractivity contribution in [2.45, 2.75) is 0 Å². The van der Waals surface area contributed by atoms with Gasteiger partial charge in [0.15, 0.2) is 0 Å². The van der Waals surface area contributed by atoms with E-state index in [1.165, 1.54) is 0 Å². The smallest absolute Gasteiger partial charge is 0.273 e. The van der Waals surface area contributed by atoms with Crippen molar-refractivity contribution in [2.75, 3.05) is 0 Å². The quantitative estimate of drug-likeness (QED) is 0.356. The van der Waals surface area contributed by atoms with Crippen LogP contribution in [-0.4, -0.2) is 5.24 Å². The molecule has 0 unspecified atom stereocenters. The van der Waals surface area contributed by atoms with Gasteiger partial charge in [0.1, 0.15) is 0 Å². The fourth-order valence-electron chi connectivity index (χ4n) is 0. The van der Waals surface area contributed by atoms with Crippen molar-refractivity contribution in [3.05, 3.63) is 0 Å². The van der Waals surface area contributed by atoms with Crippen molar-refractivity contribution in [3.63, 3.8) is 0 Å². The van der Waals surface area contributed by atoms with Crippen LogP contribution in [0, 0.1) is 0 Å². The Bertz CT molecular complexity index is 34.6. The van der Waals surface area contributed by atoms with Crippen LogP contribution in [0.2, 0.25) is 0 Å². The average molecular weight is 136 g/mol. The second-order valence-electron chi connectivity index (χ2n) is 0.338. The van der Waals surface area contributed by atoms with Crippen molar-refractivity contribution in [2.24, 2.45) is 5.73 Å². The third kappa shape index (κ3) is 235. The summed E-state index contributed by atoms with van der Waals surface area (Å²) in [4.78, 5) is 9.09. The van der Waals surface area contributed by atoms with Gasteiger partial charge in [-0.25, -0.2) is 0 Å². The molecule has 0 atom stereocenters. The maximum Gasteiger partial charge on any atom is 0.273 e. The molecule has 1 amide bonds. The Kier molecular flexibility index (Phi) is 7.77. The SMILES string of the molecule is NC(=O)S.[Ni]. The van der Waals surface area contributed by atoms with Gasteiger partial charge in [0.25, 0.3) is 5.24 Å². The van der Waals surface area contributed by atoms with Crippen LogP contribution in [0.15, 0.2) is 0 Å². The molecule has 0 spiro atoms. The van der Waals surface area contributed by atoms with Gasteiger partial charge in [-0.3, -0.25) is 4.79 Å². The van der Waals surface area contributed by atoms with E-state index in [-0.39, 0.29) is 16.5 Å². The van der Waals surface area contributed by atoms with Gasteiger partial charge < -0.3 is 5.73 Å². The van der Waals surface area contributed by atoms with E-state index < -0.39 is 5.24 Å². The summed E-state index contributed by atoms with van der Waals surface area (Å²) in [6.45, 7) is 0. The molecule has 0 saturated heterocycles. The Balaban J connectivity index is 0. The molecule has 0 aromatic heterocycles. The Morgan fingerprint density at radius 1 is 1.80 bits per heavy atom. The predicted octanol–water partition coefficient (Wildman–Crippen LogP) is -0.00760. The molecule has 4 heteroatoms. The van der Waals surface area contributed by atoms with E-state index in [0.29, 0.717) is 0 Å². The molecule has 0 saturated carbocycles. The molecule has 2 N–H and O–H groups in total. The fourth-order valence-corrected chi connectivity index (χ4v) is 0. The van der Waals surface area contributed by atoms with Crippen LogP contribution in [-0.2, 0) is 16.5 Å². The summed E-state index contributed by atoms with van der Waals surface area (Å²) < 4.78 is 0. The monoisotopic (exact) mass is 135 g/mol. The van der Waals surface area contributed by atoms with E-state index in [9.17, 15) is 0 Å². The third-order valence-corrected chi connectivity index (χ3v) is 0. The molecular formula is CH3NNiOS. The molecule has 0 aromatic carbocycles. The number of thiol groups is 1. The first-order chi connectivity index (χ1) is 1.73. The number of amides is 1. The minimum absolute atomic E-state index is 0. The van der Waals surface area contributed by atoms with E-state index in [1.807, 2.05) is 0 Å². The standard InChI is InChI=1S/CH3NOS.Ni/c2-1(3)4;/h(H3,2,3,4);. The molecule has 0 aliphatic carbocycles. The van der Waals surface area contributed by atoms with Crippen LogP contribution in [0.4, 0.5) is 4.79 Å². The number of nitrogens with two attached hydrogens (primary N) is 1. The van der Waals surface area contributed by atoms with E-state index in [1.54, 1.807) is 0 Å². The zero-order chi connectivity index (χ0) is 3.58. The predicted molar refractivity (Wildman–Crippen MR) is 18.6 cm³/mol. The topological polar surface area (TPSA) is 43.1 Å². The Hall–Kier alpha value is 0.314. The average Bonchev–Trinajstić information content (AvgIpc) is 0.811. The van der Waals surface area contributed by atoms with Crippen molar-refractivity contribution in [3.8, 4) is 0 Å². The third-order valence-electron chi connectivity index (χ3n) is 0. The Labute approximate surface area is 45.4 Å². The summed E-state index contributed by atoms with van der Waals surface area (Å²) >= 11 is 3.10. The number of carbonyl (C=O) groups excluding carboxylic acids is 1. The summed E-state index contributed by atoms with van der Waals surface area (Å²) in [5.41, 5.74) is 4.34. The maximum atomic E-state index is 9.09. The first-order valence-electron chi connectivity index (χ1n) is 0.716. The van der Waals surface area contributed by atoms with Gasteiger partial charge in [0, 0.05) is 16.5 Å². The minimum Gasteiger partial charge on any atom is -0.361 e. The Morgan fingerprint density at radius 3 is 1.80 bits per heavy atom. The van der Waals surface area contributed by atoms with Gasteiger partial charge in [0.2, 0.25) is 0 Å². The van der Waals surface area contributed by atoms with E-state index >= 15 is 0 Å². The molecule has 0 bridgehead atoms. The first-order valence-corrected chi connectivity index (χ1v) is 1.16. The van der Waals surface area contributed by atoms with Crippen LogP contribution in [0.3, 0.4) is 0 Å². The van der Waals surface area contributed by atoms with Crippen LogP contribution < -0.4 is 5.73 Å². The summed E-state index contributed by atoms with van der Waals surface area (Å²) in [6, 6.07) is 0. The molecule has 34 valence electrons. The zero-order valence-electron chi connectivity index (χ0n) is 2.25. The molecule has 0 aromatic rings. The number of hydrogen-bond donors (Lipinski definition) is 2. The molecule has 0 rings (SSSR count). The van der Waals surface area contributed by atoms with Gasteiger partial charge in [-0.05, 0) is 0 Å². The Morgan fingerprint density at radius 2 is 1.80 bits per heavy atom. The molecule has 0 radical (unpaired) electrons. The number of primary amides is 1. The van der Waals surface area contributed by atoms with Gasteiger partial charge in [-0.1, -0.05) is 12.6 Å². The molecule has 5 heavy (non-hydrogen) atoms. The molecule has 0 fully saturated rings. The van der Waals surface area contributed by atoms with Crippen molar-refractivity contribution in [1.82, 2.24) is 0 Å². The summed E-state index contributed by atoms with van der Waals surface area (Å²) in [6.07, 6.45) is 0. The van der Waals surface area contributed by atoms with Crippen LogP contribution >= 0.6 is 12.6 Å². The van der Waals surface area contributed by atoms with Crippen LogP contribution in [0.5, 0.6) is 0 Å². The largest absolute Gasteiger partial charge is 0.361 e. The van der Waals surface area contributed by atoms with Gasteiger partial charge in [-0.15, -0.1) is 0 Å². The minimum atomic E-state index is -0.639. The first kappa shape index (κ1) is 9.00. The number of hydrogen-bond acceptors (Lipinski definition) is 1. The normalized spacial score (nSPS) is 5.00. The number of rotatable bonds is 0. The molecular weight excluding hydrogens is 133 g/mol. The van der Waals surface area contributed by atoms with E-state index in [0.717, 1.165) is 0 Å². The van der Waals surface area contributed by atoms with Crippen LogP contribution in [0.25, 0.3) is 0 Å². The second kappa shape index (κ2) is 4.31. The summed E-state index contributed by atoms with van der Waals surface area (Å²) in [5.74, 6) is 0. The summed E-state index contributed by atoms with van der Waals surface area (Å²) in [5, 5.41) is -0.639. The van der Waals surface area contributed by atoms with Crippen molar-refractivity contribution < 1.29 is 21.3 Å². The fraction of sp³-hybridized carbons (Fsp3) is 0. The second-order valence-corrected chi connectivity index (χ2v) is 0.779. The molecule has 0 aliphatic heterocycles. The van der Waals surface area contributed by atoms with Gasteiger partial charge >= 0.3 is 0 Å². The molecule has 0 heterocycles. The van der Waals surface area contributed by atoms with E-state index in [4.69, 9.17) is 4.79 Å². The van der Waals surface area contributed by atoms with Gasteiger partial charge in [0.05, 0.1) is 0 Å². The number of carbonyl (C=O) groups is 1. The molecule has 0 aliphatic rings. The molecule has 2 nitrogen and oxygen atoms in total. The zero-order valence-corrected chi connectivity index (χ0v) is 4.13. The van der Waals surface area contributed by atoms with Crippen LogP contribution in [0.1, 0.15) is 0 Å². The van der Waals surface area contributed by atoms with Crippen molar-refractivity contribution >= 4 is 17.9 Å². The van der Waals surface area contributed by atoms with Gasteiger partial charge in [-0.2, -0.15) is 0 Å². The maximum absolute atomic E-state index is 9.09.